The molecule has 0 aromatic heterocycles. The lowest BCUT2D eigenvalue weighted by Crippen LogP contribution is -2.50. The molecule has 1 unspecified atom stereocenters. The third kappa shape index (κ3) is 4.80. The second-order valence-corrected chi connectivity index (χ2v) is 4.41. The maximum absolute atomic E-state index is 9.60. The normalized spacial score (nSPS) is 19.1. The van der Waals surface area contributed by atoms with Gasteiger partial charge in [0.05, 0.1) is 13.2 Å². The summed E-state index contributed by atoms with van der Waals surface area (Å²) < 4.78 is 4.96. The Kier molecular flexibility index (Phi) is 7.03. The maximum atomic E-state index is 9.60. The van der Waals surface area contributed by atoms with E-state index in [9.17, 15) is 20.4 Å². The van der Waals surface area contributed by atoms with Gasteiger partial charge in [-0.1, -0.05) is 30.3 Å². The Morgan fingerprint density at radius 3 is 2.00 bits per heavy atom. The lowest BCUT2D eigenvalue weighted by atomic mass is 10.0. The van der Waals surface area contributed by atoms with Crippen LogP contribution in [0, 0.1) is 0 Å². The van der Waals surface area contributed by atoms with Crippen LogP contribution in [0.4, 0.5) is 0 Å². The van der Waals surface area contributed by atoms with Crippen LogP contribution in [-0.2, 0) is 11.3 Å². The zero-order valence-electron chi connectivity index (χ0n) is 10.8. The average Bonchev–Trinajstić information content (AvgIpc) is 2.50. The van der Waals surface area contributed by atoms with Crippen molar-refractivity contribution < 1.29 is 35.4 Å². The van der Waals surface area contributed by atoms with Gasteiger partial charge in [0.1, 0.15) is 24.4 Å². The van der Waals surface area contributed by atoms with Crippen molar-refractivity contribution in [2.45, 2.75) is 37.3 Å². The van der Waals surface area contributed by atoms with Crippen molar-refractivity contribution in [2.75, 3.05) is 6.61 Å². The molecule has 0 saturated carbocycles. The summed E-state index contributed by atoms with van der Waals surface area (Å²) in [5.41, 5.74) is 0.754. The average molecular weight is 288 g/mol. The molecular weight excluding hydrogens is 268 g/mol. The topological polar surface area (TPSA) is 131 Å². The highest BCUT2D eigenvalue weighted by atomic mass is 16.6. The van der Waals surface area contributed by atoms with Gasteiger partial charge in [-0.05, 0) is 5.56 Å². The fourth-order valence-electron chi connectivity index (χ4n) is 1.56. The Morgan fingerprint density at radius 1 is 0.850 bits per heavy atom. The molecule has 0 fully saturated rings. The third-order valence-corrected chi connectivity index (χ3v) is 2.84. The number of hydrogen-bond donors (Lipinski definition) is 6. The first-order valence-corrected chi connectivity index (χ1v) is 6.14. The van der Waals surface area contributed by atoms with Crippen molar-refractivity contribution in [2.24, 2.45) is 0 Å². The molecule has 114 valence electrons. The molecule has 20 heavy (non-hydrogen) atoms. The molecule has 0 spiro atoms. The quantitative estimate of drug-likeness (QED) is 0.304. The molecule has 0 saturated heterocycles. The van der Waals surface area contributed by atoms with Gasteiger partial charge in [-0.2, -0.15) is 0 Å². The van der Waals surface area contributed by atoms with Gasteiger partial charge in [0.2, 0.25) is 0 Å². The predicted molar refractivity (Wildman–Crippen MR) is 68.4 cm³/mol. The highest BCUT2D eigenvalue weighted by Crippen LogP contribution is 2.11. The molecule has 0 aliphatic carbocycles. The second-order valence-electron chi connectivity index (χ2n) is 4.41. The number of aliphatic hydroxyl groups excluding tert-OH is 6. The highest BCUT2D eigenvalue weighted by Gasteiger charge is 2.34. The largest absolute Gasteiger partial charge is 0.394 e. The Balaban J connectivity index is 2.47. The van der Waals surface area contributed by atoms with E-state index >= 15 is 0 Å². The zero-order valence-corrected chi connectivity index (χ0v) is 10.8. The zero-order chi connectivity index (χ0) is 15.1. The first kappa shape index (κ1) is 17.0. The summed E-state index contributed by atoms with van der Waals surface area (Å²) in [7, 11) is 0. The molecule has 1 aromatic carbocycles. The maximum Gasteiger partial charge on any atom is 0.183 e. The van der Waals surface area contributed by atoms with E-state index < -0.39 is 37.3 Å². The molecule has 7 heteroatoms. The van der Waals surface area contributed by atoms with Crippen LogP contribution in [0.1, 0.15) is 5.56 Å². The molecule has 0 aliphatic heterocycles. The van der Waals surface area contributed by atoms with Crippen LogP contribution in [0.25, 0.3) is 0 Å². The number of hydrogen-bond acceptors (Lipinski definition) is 7. The highest BCUT2D eigenvalue weighted by molar-refractivity contribution is 5.13. The minimum atomic E-state index is -1.86. The van der Waals surface area contributed by atoms with Crippen molar-refractivity contribution in [1.29, 1.82) is 0 Å². The van der Waals surface area contributed by atoms with Gasteiger partial charge in [-0.3, -0.25) is 0 Å². The van der Waals surface area contributed by atoms with Crippen LogP contribution in [0.15, 0.2) is 30.3 Å². The first-order chi connectivity index (χ1) is 9.47. The van der Waals surface area contributed by atoms with E-state index in [0.717, 1.165) is 5.56 Å². The van der Waals surface area contributed by atoms with Gasteiger partial charge in [0, 0.05) is 0 Å². The molecule has 0 heterocycles. The SMILES string of the molecule is OC[C@@H](O)[C@@H](O)[C@H](O)[C@@H](O)C(O)OCc1ccccc1. The van der Waals surface area contributed by atoms with Gasteiger partial charge in [0.25, 0.3) is 0 Å². The lowest BCUT2D eigenvalue weighted by molar-refractivity contribution is -0.215. The van der Waals surface area contributed by atoms with E-state index in [1.165, 1.54) is 0 Å². The summed E-state index contributed by atoms with van der Waals surface area (Å²) >= 11 is 0. The summed E-state index contributed by atoms with van der Waals surface area (Å²) in [6.45, 7) is -0.781. The molecule has 6 N–H and O–H groups in total. The summed E-state index contributed by atoms with van der Waals surface area (Å²) in [5, 5.41) is 55.9. The van der Waals surface area contributed by atoms with Gasteiger partial charge in [-0.15, -0.1) is 0 Å². The van der Waals surface area contributed by atoms with Gasteiger partial charge >= 0.3 is 0 Å². The van der Waals surface area contributed by atoms with Gasteiger partial charge < -0.3 is 35.4 Å². The van der Waals surface area contributed by atoms with Crippen LogP contribution >= 0.6 is 0 Å². The number of aliphatic hydroxyl groups is 6. The van der Waals surface area contributed by atoms with E-state index in [1.807, 2.05) is 6.07 Å². The van der Waals surface area contributed by atoms with E-state index in [1.54, 1.807) is 24.3 Å². The number of benzene rings is 1. The van der Waals surface area contributed by atoms with E-state index in [2.05, 4.69) is 0 Å². The van der Waals surface area contributed by atoms with Crippen molar-refractivity contribution in [3.05, 3.63) is 35.9 Å². The Hall–Kier alpha value is -1.06. The molecule has 0 amide bonds. The molecule has 0 radical (unpaired) electrons. The van der Waals surface area contributed by atoms with Crippen LogP contribution in [0.2, 0.25) is 0 Å². The van der Waals surface area contributed by atoms with Crippen LogP contribution < -0.4 is 0 Å². The lowest BCUT2D eigenvalue weighted by Gasteiger charge is -2.28. The van der Waals surface area contributed by atoms with Gasteiger partial charge in [0.15, 0.2) is 6.29 Å². The van der Waals surface area contributed by atoms with E-state index in [4.69, 9.17) is 14.9 Å². The second kappa shape index (κ2) is 8.28. The minimum absolute atomic E-state index is 0.00440. The van der Waals surface area contributed by atoms with Crippen molar-refractivity contribution >= 4 is 0 Å². The summed E-state index contributed by atoms with van der Waals surface area (Å²) in [6, 6.07) is 8.86. The Labute approximate surface area is 116 Å². The fourth-order valence-corrected chi connectivity index (χ4v) is 1.56. The molecule has 0 bridgehead atoms. The molecule has 1 aromatic rings. The molecule has 0 aliphatic rings. The van der Waals surface area contributed by atoms with Crippen LogP contribution in [0.3, 0.4) is 0 Å². The smallest absolute Gasteiger partial charge is 0.183 e. The standard InChI is InChI=1S/C13H20O7/c14-6-9(15)10(16)11(17)12(18)13(19)20-7-8-4-2-1-3-5-8/h1-5,9-19H,6-7H2/t9-,10-,11+,12-,13?/m1/s1. The molecular formula is C13H20O7. The van der Waals surface area contributed by atoms with E-state index in [0.29, 0.717) is 0 Å². The van der Waals surface area contributed by atoms with Crippen LogP contribution in [0.5, 0.6) is 0 Å². The summed E-state index contributed by atoms with van der Waals surface area (Å²) in [5.74, 6) is 0. The van der Waals surface area contributed by atoms with Crippen molar-refractivity contribution in [3.63, 3.8) is 0 Å². The van der Waals surface area contributed by atoms with Crippen LogP contribution in [-0.4, -0.2) is 68.0 Å². The third-order valence-electron chi connectivity index (χ3n) is 2.84. The van der Waals surface area contributed by atoms with Crippen molar-refractivity contribution in [1.82, 2.24) is 0 Å². The number of ether oxygens (including phenoxy) is 1. The molecule has 1 rings (SSSR count). The summed E-state index contributed by atoms with van der Waals surface area (Å²) in [4.78, 5) is 0. The monoisotopic (exact) mass is 288 g/mol. The summed E-state index contributed by atoms with van der Waals surface area (Å²) in [6.07, 6.45) is -8.85. The number of rotatable bonds is 8. The molecule has 5 atom stereocenters. The fraction of sp³-hybridized carbons (Fsp3) is 0.538. The Bertz CT molecular complexity index is 372. The van der Waals surface area contributed by atoms with Gasteiger partial charge in [-0.25, -0.2) is 0 Å². The Morgan fingerprint density at radius 2 is 1.45 bits per heavy atom. The predicted octanol–water partition coefficient (Wildman–Crippen LogP) is -2.04. The van der Waals surface area contributed by atoms with E-state index in [-0.39, 0.29) is 6.61 Å². The van der Waals surface area contributed by atoms with Crippen molar-refractivity contribution in [3.8, 4) is 0 Å². The minimum Gasteiger partial charge on any atom is -0.394 e. The first-order valence-electron chi connectivity index (χ1n) is 6.14. The molecule has 7 nitrogen and oxygen atoms in total.